The van der Waals surface area contributed by atoms with Gasteiger partial charge in [-0.15, -0.1) is 13.1 Å². The van der Waals surface area contributed by atoms with Gasteiger partial charge in [0.15, 0.2) is 0 Å². The van der Waals surface area contributed by atoms with Crippen molar-refractivity contribution in [3.05, 3.63) is 5.32 Å². The van der Waals surface area contributed by atoms with Crippen molar-refractivity contribution in [1.82, 2.24) is 0 Å². The van der Waals surface area contributed by atoms with Crippen LogP contribution in [0.15, 0.2) is 0 Å². The van der Waals surface area contributed by atoms with Gasteiger partial charge in [-0.3, -0.25) is 0 Å². The Hall–Kier alpha value is 1.02. The SMILES string of the molecule is CC.CC1(O)CC2(CC[N-]CC2)C1.[Y]. The monoisotopic (exact) mass is 273 g/mol. The van der Waals surface area contributed by atoms with E-state index in [1.807, 2.05) is 20.8 Å². The Morgan fingerprint density at radius 2 is 1.50 bits per heavy atom. The molecule has 0 aromatic rings. The summed E-state index contributed by atoms with van der Waals surface area (Å²) < 4.78 is 0. The minimum absolute atomic E-state index is 0. The van der Waals surface area contributed by atoms with Crippen molar-refractivity contribution >= 4 is 0 Å². The average molecular weight is 273 g/mol. The topological polar surface area (TPSA) is 34.3 Å². The van der Waals surface area contributed by atoms with Gasteiger partial charge in [-0.05, 0) is 25.2 Å². The molecule has 1 aliphatic carbocycles. The first-order chi connectivity index (χ1) is 6.12. The number of rotatable bonds is 0. The Bertz CT molecular complexity index is 155. The van der Waals surface area contributed by atoms with Gasteiger partial charge < -0.3 is 10.4 Å². The molecule has 0 aromatic carbocycles. The third kappa shape index (κ3) is 3.55. The third-order valence-corrected chi connectivity index (χ3v) is 3.11. The first-order valence-electron chi connectivity index (χ1n) is 5.48. The number of nitrogens with zero attached hydrogens (tertiary/aromatic N) is 1. The largest absolute Gasteiger partial charge is 0.662 e. The summed E-state index contributed by atoms with van der Waals surface area (Å²) in [6.07, 6.45) is 4.44. The van der Waals surface area contributed by atoms with Crippen LogP contribution >= 0.6 is 0 Å². The molecule has 1 radical (unpaired) electrons. The Labute approximate surface area is 113 Å². The first kappa shape index (κ1) is 15.0. The van der Waals surface area contributed by atoms with Crippen molar-refractivity contribution in [3.63, 3.8) is 0 Å². The molecule has 81 valence electrons. The van der Waals surface area contributed by atoms with E-state index in [0.717, 1.165) is 25.9 Å². The van der Waals surface area contributed by atoms with E-state index in [4.69, 9.17) is 0 Å². The van der Waals surface area contributed by atoms with Crippen LogP contribution in [0.2, 0.25) is 0 Å². The van der Waals surface area contributed by atoms with Gasteiger partial charge in [-0.2, -0.15) is 0 Å². The first-order valence-corrected chi connectivity index (χ1v) is 5.48. The van der Waals surface area contributed by atoms with Crippen molar-refractivity contribution in [3.8, 4) is 0 Å². The normalized spacial score (nSPS) is 26.6. The predicted molar refractivity (Wildman–Crippen MR) is 56.0 cm³/mol. The summed E-state index contributed by atoms with van der Waals surface area (Å²) in [6.45, 7) is 8.00. The Kier molecular flexibility index (Phi) is 6.37. The zero-order valence-corrected chi connectivity index (χ0v) is 12.6. The maximum absolute atomic E-state index is 9.60. The molecule has 0 atom stereocenters. The van der Waals surface area contributed by atoms with Gasteiger partial charge in [0.2, 0.25) is 0 Å². The van der Waals surface area contributed by atoms with Crippen LogP contribution in [0.25, 0.3) is 5.32 Å². The molecule has 3 heteroatoms. The van der Waals surface area contributed by atoms with E-state index in [1.54, 1.807) is 0 Å². The maximum atomic E-state index is 9.60. The van der Waals surface area contributed by atoms with Crippen molar-refractivity contribution in [2.45, 2.75) is 52.1 Å². The molecule has 0 aromatic heterocycles. The maximum Gasteiger partial charge on any atom is 0.0630 e. The molecule has 0 amide bonds. The molecular formula is C11H22NOY-. The molecule has 1 N–H and O–H groups in total. The molecule has 1 saturated carbocycles. The fourth-order valence-corrected chi connectivity index (χ4v) is 2.79. The summed E-state index contributed by atoms with van der Waals surface area (Å²) in [4.78, 5) is 0. The fraction of sp³-hybridized carbons (Fsp3) is 1.00. The molecule has 0 unspecified atom stereocenters. The number of hydrogen-bond acceptors (Lipinski definition) is 1. The third-order valence-electron chi connectivity index (χ3n) is 3.11. The minimum atomic E-state index is -0.350. The van der Waals surface area contributed by atoms with Crippen molar-refractivity contribution < 1.29 is 37.8 Å². The molecule has 1 spiro atoms. The summed E-state index contributed by atoms with van der Waals surface area (Å²) >= 11 is 0. The van der Waals surface area contributed by atoms with Gasteiger partial charge in [0.05, 0.1) is 5.60 Å². The summed E-state index contributed by atoms with van der Waals surface area (Å²) in [5.74, 6) is 0. The van der Waals surface area contributed by atoms with E-state index < -0.39 is 0 Å². The standard InChI is InChI=1S/C9H16NO.C2H6.Y/c1-8(11)6-9(7-8)2-4-10-5-3-9;1-2;/h11H,2-7H2,1H3;1-2H3;/q-1;;. The fourth-order valence-electron chi connectivity index (χ4n) is 2.79. The molecule has 2 nitrogen and oxygen atoms in total. The Balaban J connectivity index is 0.000000531. The zero-order valence-electron chi connectivity index (χ0n) is 9.71. The zero-order chi connectivity index (χ0) is 9.95. The van der Waals surface area contributed by atoms with Crippen LogP contribution in [-0.2, 0) is 32.7 Å². The van der Waals surface area contributed by atoms with E-state index in [1.165, 1.54) is 12.8 Å². The summed E-state index contributed by atoms with van der Waals surface area (Å²) in [5, 5.41) is 13.9. The van der Waals surface area contributed by atoms with Crippen LogP contribution in [0, 0.1) is 5.41 Å². The van der Waals surface area contributed by atoms with Crippen LogP contribution in [-0.4, -0.2) is 23.8 Å². The summed E-state index contributed by atoms with van der Waals surface area (Å²) in [5.41, 5.74) is 0.141. The van der Waals surface area contributed by atoms with Crippen LogP contribution < -0.4 is 0 Å². The molecular weight excluding hydrogens is 251 g/mol. The average Bonchev–Trinajstić information content (AvgIpc) is 2.06. The van der Waals surface area contributed by atoms with E-state index >= 15 is 0 Å². The molecule has 1 aliphatic heterocycles. The smallest absolute Gasteiger partial charge is 0.0630 e. The quantitative estimate of drug-likeness (QED) is 0.723. The second kappa shape index (κ2) is 5.93. The van der Waals surface area contributed by atoms with Crippen LogP contribution in [0.3, 0.4) is 0 Å². The van der Waals surface area contributed by atoms with Gasteiger partial charge >= 0.3 is 0 Å². The molecule has 2 rings (SSSR count). The molecule has 1 heterocycles. The van der Waals surface area contributed by atoms with E-state index in [2.05, 4.69) is 5.32 Å². The van der Waals surface area contributed by atoms with Crippen LogP contribution in [0.5, 0.6) is 0 Å². The van der Waals surface area contributed by atoms with Crippen molar-refractivity contribution in [2.75, 3.05) is 13.1 Å². The summed E-state index contributed by atoms with van der Waals surface area (Å²) in [7, 11) is 0. The molecule has 0 bridgehead atoms. The predicted octanol–water partition coefficient (Wildman–Crippen LogP) is 2.71. The Morgan fingerprint density at radius 3 is 1.86 bits per heavy atom. The van der Waals surface area contributed by atoms with E-state index in [9.17, 15) is 5.11 Å². The number of aliphatic hydroxyl groups is 1. The molecule has 1 saturated heterocycles. The van der Waals surface area contributed by atoms with Gasteiger partial charge in [-0.1, -0.05) is 26.7 Å². The number of hydrogen-bond donors (Lipinski definition) is 1. The van der Waals surface area contributed by atoms with Crippen LogP contribution in [0.1, 0.15) is 46.5 Å². The second-order valence-corrected chi connectivity index (χ2v) is 4.52. The minimum Gasteiger partial charge on any atom is -0.662 e. The summed E-state index contributed by atoms with van der Waals surface area (Å²) in [6, 6.07) is 0. The van der Waals surface area contributed by atoms with Gasteiger partial charge in [0.25, 0.3) is 0 Å². The van der Waals surface area contributed by atoms with Gasteiger partial charge in [0.1, 0.15) is 0 Å². The molecule has 2 fully saturated rings. The van der Waals surface area contributed by atoms with Gasteiger partial charge in [0, 0.05) is 32.7 Å². The Morgan fingerprint density at radius 1 is 1.07 bits per heavy atom. The van der Waals surface area contributed by atoms with E-state index in [-0.39, 0.29) is 38.3 Å². The number of piperidine rings is 1. The van der Waals surface area contributed by atoms with E-state index in [0.29, 0.717) is 5.41 Å². The molecule has 14 heavy (non-hydrogen) atoms. The van der Waals surface area contributed by atoms with Crippen LogP contribution in [0.4, 0.5) is 0 Å². The van der Waals surface area contributed by atoms with Crippen molar-refractivity contribution in [2.24, 2.45) is 5.41 Å². The molecule has 2 aliphatic rings. The van der Waals surface area contributed by atoms with Gasteiger partial charge in [-0.25, -0.2) is 0 Å². The second-order valence-electron chi connectivity index (χ2n) is 4.52. The van der Waals surface area contributed by atoms with Crippen molar-refractivity contribution in [1.29, 1.82) is 0 Å².